The minimum absolute atomic E-state index is 0.151. The highest BCUT2D eigenvalue weighted by Crippen LogP contribution is 2.18. The summed E-state index contributed by atoms with van der Waals surface area (Å²) in [5.41, 5.74) is 0. The molecule has 0 amide bonds. The van der Waals surface area contributed by atoms with Gasteiger partial charge in [-0.25, -0.2) is 0 Å². The molecule has 0 bridgehead atoms. The molecule has 1 aliphatic rings. The van der Waals surface area contributed by atoms with Crippen molar-refractivity contribution < 1.29 is 13.2 Å². The second-order valence-corrected chi connectivity index (χ2v) is 4.16. The van der Waals surface area contributed by atoms with Crippen LogP contribution in [0.3, 0.4) is 0 Å². The Morgan fingerprint density at radius 2 is 1.87 bits per heavy atom. The molecular formula is C9H15F3N2S. The fourth-order valence-corrected chi connectivity index (χ4v) is 1.89. The summed E-state index contributed by atoms with van der Waals surface area (Å²) in [6.45, 7) is -0.151. The van der Waals surface area contributed by atoms with Crippen LogP contribution in [-0.4, -0.2) is 23.9 Å². The quantitative estimate of drug-likeness (QED) is 0.740. The molecular weight excluding hydrogens is 225 g/mol. The summed E-state index contributed by atoms with van der Waals surface area (Å²) in [7, 11) is 0. The monoisotopic (exact) mass is 240 g/mol. The first-order valence-corrected chi connectivity index (χ1v) is 5.49. The van der Waals surface area contributed by atoms with Gasteiger partial charge < -0.3 is 10.6 Å². The average Bonchev–Trinajstić information content (AvgIpc) is 2.54. The second-order valence-electron chi connectivity index (χ2n) is 3.75. The molecule has 1 aliphatic carbocycles. The van der Waals surface area contributed by atoms with Crippen LogP contribution in [0.1, 0.15) is 32.1 Å². The van der Waals surface area contributed by atoms with E-state index in [-0.39, 0.29) is 6.54 Å². The maximum Gasteiger partial charge on any atom is 0.390 e. The third-order valence-electron chi connectivity index (χ3n) is 2.38. The summed E-state index contributed by atoms with van der Waals surface area (Å²) >= 11 is 4.89. The van der Waals surface area contributed by atoms with Gasteiger partial charge in [-0.3, -0.25) is 0 Å². The van der Waals surface area contributed by atoms with Gasteiger partial charge in [0.1, 0.15) is 0 Å². The van der Waals surface area contributed by atoms with Crippen molar-refractivity contribution in [2.24, 2.45) is 0 Å². The fourth-order valence-electron chi connectivity index (χ4n) is 1.62. The van der Waals surface area contributed by atoms with Crippen LogP contribution in [0.5, 0.6) is 0 Å². The molecule has 6 heteroatoms. The zero-order valence-electron chi connectivity index (χ0n) is 8.36. The lowest BCUT2D eigenvalue weighted by atomic mass is 10.3. The van der Waals surface area contributed by atoms with Crippen molar-refractivity contribution in [2.45, 2.75) is 44.3 Å². The molecule has 1 saturated carbocycles. The number of halogens is 3. The first kappa shape index (κ1) is 12.5. The number of thiocarbonyl (C=S) groups is 1. The molecule has 0 aliphatic heterocycles. The SMILES string of the molecule is FC(F)(F)CCNC(=S)NC1CCCC1. The number of hydrogen-bond acceptors (Lipinski definition) is 1. The molecule has 2 nitrogen and oxygen atoms in total. The minimum Gasteiger partial charge on any atom is -0.362 e. The maximum absolute atomic E-state index is 11.8. The van der Waals surface area contributed by atoms with E-state index in [9.17, 15) is 13.2 Å². The smallest absolute Gasteiger partial charge is 0.362 e. The molecule has 88 valence electrons. The number of nitrogens with one attached hydrogen (secondary N) is 2. The van der Waals surface area contributed by atoms with Gasteiger partial charge in [0.15, 0.2) is 5.11 Å². The summed E-state index contributed by atoms with van der Waals surface area (Å²) < 4.78 is 35.4. The van der Waals surface area contributed by atoms with E-state index in [0.717, 1.165) is 12.8 Å². The lowest BCUT2D eigenvalue weighted by Gasteiger charge is -2.16. The fraction of sp³-hybridized carbons (Fsp3) is 0.889. The van der Waals surface area contributed by atoms with Gasteiger partial charge in [-0.1, -0.05) is 12.8 Å². The molecule has 0 aromatic rings. The van der Waals surface area contributed by atoms with Gasteiger partial charge in [0, 0.05) is 12.6 Å². The molecule has 0 aromatic heterocycles. The third-order valence-corrected chi connectivity index (χ3v) is 2.65. The largest absolute Gasteiger partial charge is 0.390 e. The van der Waals surface area contributed by atoms with Crippen molar-refractivity contribution in [1.29, 1.82) is 0 Å². The van der Waals surface area contributed by atoms with Gasteiger partial charge >= 0.3 is 6.18 Å². The molecule has 0 atom stereocenters. The average molecular weight is 240 g/mol. The minimum atomic E-state index is -4.12. The lowest BCUT2D eigenvalue weighted by Crippen LogP contribution is -2.41. The van der Waals surface area contributed by atoms with Crippen LogP contribution in [0, 0.1) is 0 Å². The summed E-state index contributed by atoms with van der Waals surface area (Å²) in [6.07, 6.45) is -0.511. The molecule has 0 spiro atoms. The lowest BCUT2D eigenvalue weighted by molar-refractivity contribution is -0.132. The van der Waals surface area contributed by atoms with Crippen LogP contribution >= 0.6 is 12.2 Å². The third kappa shape index (κ3) is 5.81. The molecule has 1 fully saturated rings. The zero-order valence-corrected chi connectivity index (χ0v) is 9.18. The van der Waals surface area contributed by atoms with Gasteiger partial charge in [0.05, 0.1) is 6.42 Å². The van der Waals surface area contributed by atoms with E-state index in [1.807, 2.05) is 0 Å². The maximum atomic E-state index is 11.8. The summed E-state index contributed by atoms with van der Waals surface area (Å²) in [5, 5.41) is 5.92. The van der Waals surface area contributed by atoms with Crippen LogP contribution in [0.15, 0.2) is 0 Å². The van der Waals surface area contributed by atoms with Crippen molar-refractivity contribution in [2.75, 3.05) is 6.54 Å². The molecule has 15 heavy (non-hydrogen) atoms. The zero-order chi connectivity index (χ0) is 11.3. The molecule has 0 radical (unpaired) electrons. The highest BCUT2D eigenvalue weighted by atomic mass is 32.1. The first-order chi connectivity index (χ1) is 6.97. The predicted molar refractivity (Wildman–Crippen MR) is 56.7 cm³/mol. The summed E-state index contributed by atoms with van der Waals surface area (Å²) in [6, 6.07) is 0.343. The van der Waals surface area contributed by atoms with Gasteiger partial charge in [0.25, 0.3) is 0 Å². The van der Waals surface area contributed by atoms with Crippen molar-refractivity contribution in [1.82, 2.24) is 10.6 Å². The topological polar surface area (TPSA) is 24.1 Å². The van der Waals surface area contributed by atoms with E-state index >= 15 is 0 Å². The van der Waals surface area contributed by atoms with E-state index < -0.39 is 12.6 Å². The van der Waals surface area contributed by atoms with E-state index in [1.165, 1.54) is 12.8 Å². The standard InChI is InChI=1S/C9H15F3N2S/c10-9(11,12)5-6-13-8(15)14-7-3-1-2-4-7/h7H,1-6H2,(H2,13,14,15). The Bertz CT molecular complexity index is 212. The molecule has 2 N–H and O–H groups in total. The molecule has 0 aromatic carbocycles. The van der Waals surface area contributed by atoms with Crippen molar-refractivity contribution in [3.05, 3.63) is 0 Å². The number of alkyl halides is 3. The first-order valence-electron chi connectivity index (χ1n) is 5.08. The number of rotatable bonds is 3. The number of hydrogen-bond donors (Lipinski definition) is 2. The van der Waals surface area contributed by atoms with Crippen molar-refractivity contribution >= 4 is 17.3 Å². The van der Waals surface area contributed by atoms with Crippen LogP contribution in [-0.2, 0) is 0 Å². The Hall–Kier alpha value is -0.520. The molecule has 0 unspecified atom stereocenters. The van der Waals surface area contributed by atoms with Crippen molar-refractivity contribution in [3.63, 3.8) is 0 Å². The summed E-state index contributed by atoms with van der Waals surface area (Å²) in [5.74, 6) is 0. The van der Waals surface area contributed by atoms with Crippen LogP contribution in [0.25, 0.3) is 0 Å². The van der Waals surface area contributed by atoms with E-state index in [1.54, 1.807) is 0 Å². The summed E-state index contributed by atoms with van der Waals surface area (Å²) in [4.78, 5) is 0. The van der Waals surface area contributed by atoms with E-state index in [0.29, 0.717) is 11.2 Å². The van der Waals surface area contributed by atoms with Crippen LogP contribution < -0.4 is 10.6 Å². The van der Waals surface area contributed by atoms with E-state index in [2.05, 4.69) is 10.6 Å². The Kier molecular flexibility index (Phi) is 4.63. The highest BCUT2D eigenvalue weighted by molar-refractivity contribution is 7.80. The van der Waals surface area contributed by atoms with Crippen LogP contribution in [0.4, 0.5) is 13.2 Å². The van der Waals surface area contributed by atoms with Gasteiger partial charge in [-0.2, -0.15) is 13.2 Å². The molecule has 0 heterocycles. The van der Waals surface area contributed by atoms with Crippen molar-refractivity contribution in [3.8, 4) is 0 Å². The van der Waals surface area contributed by atoms with E-state index in [4.69, 9.17) is 12.2 Å². The highest BCUT2D eigenvalue weighted by Gasteiger charge is 2.26. The molecule has 1 rings (SSSR count). The van der Waals surface area contributed by atoms with Crippen LogP contribution in [0.2, 0.25) is 0 Å². The van der Waals surface area contributed by atoms with Gasteiger partial charge in [-0.15, -0.1) is 0 Å². The Balaban J connectivity index is 2.08. The van der Waals surface area contributed by atoms with Gasteiger partial charge in [0.2, 0.25) is 0 Å². The van der Waals surface area contributed by atoms with Gasteiger partial charge in [-0.05, 0) is 25.1 Å². The normalized spacial score (nSPS) is 17.8. The molecule has 0 saturated heterocycles. The Morgan fingerprint density at radius 3 is 2.40 bits per heavy atom. The predicted octanol–water partition coefficient (Wildman–Crippen LogP) is 2.35. The second kappa shape index (κ2) is 5.53. The Labute approximate surface area is 92.6 Å². The Morgan fingerprint density at radius 1 is 1.27 bits per heavy atom.